The zero-order chi connectivity index (χ0) is 16.9. The predicted molar refractivity (Wildman–Crippen MR) is 94.7 cm³/mol. The van der Waals surface area contributed by atoms with Gasteiger partial charge in [0, 0.05) is 22.9 Å². The number of carbonyl (C=O) groups excluding carboxylic acids is 1. The summed E-state index contributed by atoms with van der Waals surface area (Å²) < 4.78 is 24.6. The Morgan fingerprint density at radius 2 is 1.87 bits per heavy atom. The van der Waals surface area contributed by atoms with Gasteiger partial charge in [0.05, 0.1) is 15.8 Å². The predicted octanol–water partition coefficient (Wildman–Crippen LogP) is 3.68. The number of sulfone groups is 1. The first kappa shape index (κ1) is 18.3. The van der Waals surface area contributed by atoms with E-state index in [1.165, 1.54) is 11.3 Å². The average Bonchev–Trinajstić information content (AvgIpc) is 2.89. The number of nitrogens with one attached hydrogen (secondary N) is 1. The number of benzene rings is 1. The first-order valence-corrected chi connectivity index (χ1v) is 10.2. The lowest BCUT2D eigenvalue weighted by Crippen LogP contribution is -2.25. The molecule has 0 aliphatic heterocycles. The molecule has 124 valence electrons. The molecule has 2 rings (SSSR count). The van der Waals surface area contributed by atoms with Gasteiger partial charge in [-0.1, -0.05) is 41.4 Å². The van der Waals surface area contributed by atoms with Gasteiger partial charge in [0.1, 0.15) is 0 Å². The van der Waals surface area contributed by atoms with Gasteiger partial charge in [-0.25, -0.2) is 8.42 Å². The van der Waals surface area contributed by atoms with Gasteiger partial charge in [-0.2, -0.15) is 0 Å². The van der Waals surface area contributed by atoms with Crippen LogP contribution in [0.1, 0.15) is 16.9 Å². The monoisotopic (exact) mass is 391 g/mol. The number of hydrogen-bond donors (Lipinski definition) is 1. The minimum Gasteiger partial charge on any atom is -0.352 e. The molecule has 1 N–H and O–H groups in total. The van der Waals surface area contributed by atoms with Crippen molar-refractivity contribution in [2.45, 2.75) is 18.7 Å². The number of hydrogen-bond acceptors (Lipinski definition) is 4. The smallest absolute Gasteiger partial charge is 0.221 e. The lowest BCUT2D eigenvalue weighted by molar-refractivity contribution is -0.120. The molecular weight excluding hydrogens is 377 g/mol. The van der Waals surface area contributed by atoms with Crippen molar-refractivity contribution in [2.75, 3.05) is 5.75 Å². The second-order valence-electron chi connectivity index (χ2n) is 4.92. The molecule has 0 spiro atoms. The Labute approximate surface area is 149 Å². The summed E-state index contributed by atoms with van der Waals surface area (Å²) in [6, 6.07) is 10.5. The van der Waals surface area contributed by atoms with Crippen LogP contribution in [0.5, 0.6) is 0 Å². The van der Waals surface area contributed by atoms with Crippen molar-refractivity contribution < 1.29 is 13.2 Å². The van der Waals surface area contributed by atoms with E-state index in [-0.39, 0.29) is 30.4 Å². The Hall–Kier alpha value is -1.08. The van der Waals surface area contributed by atoms with E-state index in [1.54, 1.807) is 30.3 Å². The minimum absolute atomic E-state index is 0.0775. The molecule has 0 radical (unpaired) electrons. The number of carbonyl (C=O) groups is 1. The van der Waals surface area contributed by atoms with E-state index in [0.29, 0.717) is 14.2 Å². The van der Waals surface area contributed by atoms with Crippen LogP contribution < -0.4 is 5.32 Å². The van der Waals surface area contributed by atoms with E-state index < -0.39 is 9.84 Å². The van der Waals surface area contributed by atoms with Crippen molar-refractivity contribution in [3.63, 3.8) is 0 Å². The van der Waals surface area contributed by atoms with E-state index in [4.69, 9.17) is 23.2 Å². The molecule has 8 heteroatoms. The van der Waals surface area contributed by atoms with E-state index in [0.717, 1.165) is 5.56 Å². The Balaban J connectivity index is 1.80. The first-order chi connectivity index (χ1) is 10.9. The molecule has 23 heavy (non-hydrogen) atoms. The first-order valence-electron chi connectivity index (χ1n) is 6.80. The van der Waals surface area contributed by atoms with Crippen molar-refractivity contribution in [3.8, 4) is 0 Å². The minimum atomic E-state index is -3.34. The van der Waals surface area contributed by atoms with Crippen LogP contribution in [-0.4, -0.2) is 20.1 Å². The molecule has 0 fully saturated rings. The zero-order valence-corrected chi connectivity index (χ0v) is 15.2. The molecule has 0 bridgehead atoms. The summed E-state index contributed by atoms with van der Waals surface area (Å²) in [5.74, 6) is -0.614. The van der Waals surface area contributed by atoms with Gasteiger partial charge in [0.25, 0.3) is 0 Å². The molecule has 0 atom stereocenters. The van der Waals surface area contributed by atoms with Crippen LogP contribution in [0.3, 0.4) is 0 Å². The average molecular weight is 392 g/mol. The van der Waals surface area contributed by atoms with Crippen molar-refractivity contribution in [2.24, 2.45) is 0 Å². The summed E-state index contributed by atoms with van der Waals surface area (Å²) in [5, 5.41) is 3.24. The van der Waals surface area contributed by atoms with Crippen LogP contribution in [0, 0.1) is 0 Å². The number of rotatable bonds is 7. The number of halogens is 2. The topological polar surface area (TPSA) is 63.2 Å². The molecule has 1 amide bonds. The second-order valence-corrected chi connectivity index (χ2v) is 9.31. The molecule has 0 saturated carbocycles. The normalized spacial score (nSPS) is 11.4. The van der Waals surface area contributed by atoms with Crippen molar-refractivity contribution in [3.05, 3.63) is 56.2 Å². The van der Waals surface area contributed by atoms with E-state index >= 15 is 0 Å². The van der Waals surface area contributed by atoms with Gasteiger partial charge in [0.2, 0.25) is 5.91 Å². The molecule has 0 unspecified atom stereocenters. The van der Waals surface area contributed by atoms with Gasteiger partial charge in [0.15, 0.2) is 9.84 Å². The maximum absolute atomic E-state index is 12.0. The molecule has 1 aromatic carbocycles. The summed E-state index contributed by atoms with van der Waals surface area (Å²) in [4.78, 5) is 12.5. The molecule has 0 saturated heterocycles. The highest BCUT2D eigenvalue weighted by atomic mass is 35.5. The molecule has 0 aliphatic rings. The molecule has 1 aromatic heterocycles. The fraction of sp³-hybridized carbons (Fsp3) is 0.267. The summed E-state index contributed by atoms with van der Waals surface area (Å²) in [6.07, 6.45) is -0.0775. The van der Waals surface area contributed by atoms with Gasteiger partial charge in [-0.15, -0.1) is 11.3 Å². The third-order valence-electron chi connectivity index (χ3n) is 3.07. The summed E-state index contributed by atoms with van der Waals surface area (Å²) in [7, 11) is -3.34. The highest BCUT2D eigenvalue weighted by Crippen LogP contribution is 2.23. The van der Waals surface area contributed by atoms with E-state index in [2.05, 4.69) is 5.32 Å². The number of thiophene rings is 1. The van der Waals surface area contributed by atoms with Crippen LogP contribution in [-0.2, 0) is 26.9 Å². The van der Waals surface area contributed by atoms with Gasteiger partial charge in [-0.05, 0) is 23.8 Å². The Morgan fingerprint density at radius 3 is 2.52 bits per heavy atom. The summed E-state index contributed by atoms with van der Waals surface area (Å²) in [6.45, 7) is 0.277. The largest absolute Gasteiger partial charge is 0.352 e. The van der Waals surface area contributed by atoms with E-state index in [1.807, 2.05) is 6.07 Å². The Morgan fingerprint density at radius 1 is 1.13 bits per heavy atom. The van der Waals surface area contributed by atoms with Crippen molar-refractivity contribution in [1.82, 2.24) is 5.32 Å². The molecule has 0 aliphatic carbocycles. The quantitative estimate of drug-likeness (QED) is 0.782. The lowest BCUT2D eigenvalue weighted by Gasteiger charge is -2.07. The summed E-state index contributed by atoms with van der Waals surface area (Å²) in [5.41, 5.74) is 0.790. The van der Waals surface area contributed by atoms with Gasteiger partial charge in [-0.3, -0.25) is 4.79 Å². The Bertz CT molecular complexity index is 788. The molecule has 4 nitrogen and oxygen atoms in total. The van der Waals surface area contributed by atoms with Gasteiger partial charge < -0.3 is 5.32 Å². The highest BCUT2D eigenvalue weighted by Gasteiger charge is 2.16. The number of amides is 1. The third-order valence-corrected chi connectivity index (χ3v) is 6.42. The molecule has 2 aromatic rings. The fourth-order valence-electron chi connectivity index (χ4n) is 1.89. The molecular formula is C15H15Cl2NO3S2. The van der Waals surface area contributed by atoms with Crippen molar-refractivity contribution >= 4 is 50.3 Å². The standard InChI is InChI=1S/C15H15Cl2NO3S2/c16-13-4-2-1-3-11(13)9-18-15(19)7-8-23(20,21)10-12-5-6-14(17)22-12/h1-6H,7-10H2,(H,18,19). The highest BCUT2D eigenvalue weighted by molar-refractivity contribution is 7.90. The van der Waals surface area contributed by atoms with Crippen LogP contribution in [0.2, 0.25) is 9.36 Å². The van der Waals surface area contributed by atoms with Crippen molar-refractivity contribution in [1.29, 1.82) is 0 Å². The van der Waals surface area contributed by atoms with Gasteiger partial charge >= 0.3 is 0 Å². The van der Waals surface area contributed by atoms with Crippen LogP contribution in [0.15, 0.2) is 36.4 Å². The fourth-order valence-corrected chi connectivity index (χ4v) is 4.92. The Kier molecular flexibility index (Phi) is 6.47. The third kappa shape index (κ3) is 6.14. The van der Waals surface area contributed by atoms with Crippen LogP contribution in [0.25, 0.3) is 0 Å². The SMILES string of the molecule is O=C(CCS(=O)(=O)Cc1ccc(Cl)s1)NCc1ccccc1Cl. The van der Waals surface area contributed by atoms with Crippen LogP contribution in [0.4, 0.5) is 0 Å². The lowest BCUT2D eigenvalue weighted by atomic mass is 10.2. The summed E-state index contributed by atoms with van der Waals surface area (Å²) >= 11 is 13.0. The zero-order valence-electron chi connectivity index (χ0n) is 12.1. The second kappa shape index (κ2) is 8.15. The maximum Gasteiger partial charge on any atom is 0.221 e. The maximum atomic E-state index is 12.0. The van der Waals surface area contributed by atoms with E-state index in [9.17, 15) is 13.2 Å². The molecule has 1 heterocycles. The van der Waals surface area contributed by atoms with Crippen LogP contribution >= 0.6 is 34.5 Å².